The third-order valence-electron chi connectivity index (χ3n) is 2.94. The molecule has 0 saturated heterocycles. The minimum absolute atomic E-state index is 0. The van der Waals surface area contributed by atoms with Crippen LogP contribution in [-0.2, 0) is 98.1 Å². The van der Waals surface area contributed by atoms with Gasteiger partial charge in [0.2, 0.25) is 0 Å². The van der Waals surface area contributed by atoms with Crippen molar-refractivity contribution >= 4 is 0 Å². The fraction of sp³-hybridized carbons (Fsp3) is 0.323. The van der Waals surface area contributed by atoms with Crippen LogP contribution >= 0.6 is 0 Å². The molecule has 0 saturated carbocycles. The van der Waals surface area contributed by atoms with E-state index in [2.05, 4.69) is 27.7 Å². The Morgan fingerprint density at radius 2 is 0.541 bits per heavy atom. The third kappa shape index (κ3) is 46.6. The molecule has 3 aromatic carbocycles. The molecule has 37 heavy (non-hydrogen) atoms. The smallest absolute Gasteiger partial charge is 0.118 e. The molecule has 0 bridgehead atoms. The molecule has 0 aliphatic carbocycles. The van der Waals surface area contributed by atoms with Gasteiger partial charge in [-0.15, -0.1) is 0 Å². The molecule has 0 fully saturated rings. The van der Waals surface area contributed by atoms with Crippen LogP contribution in [0.25, 0.3) is 0 Å². The first-order valence-electron chi connectivity index (χ1n) is 10.4. The van der Waals surface area contributed by atoms with Crippen LogP contribution in [0.1, 0.15) is 48.0 Å². The van der Waals surface area contributed by atoms with E-state index in [9.17, 15) is 0 Å². The van der Waals surface area contributed by atoms with E-state index in [4.69, 9.17) is 14.2 Å². The van der Waals surface area contributed by atoms with Crippen LogP contribution in [0.4, 0.5) is 0 Å². The molecular weight excluding hydrogens is 687 g/mol. The summed E-state index contributed by atoms with van der Waals surface area (Å²) in [5.74, 6) is 2.73. The molecular formula is C31H53O3Y3-3. The van der Waals surface area contributed by atoms with Crippen LogP contribution in [0.15, 0.2) is 91.0 Å². The SMILES string of the molecule is C.CCC.CCC.COc1ccccc1.COc1ccccc1.COc1ccccc1.[CH3-].[CH3-].[CH3-].[Y].[Y].[Y]. The molecule has 3 aromatic rings. The summed E-state index contributed by atoms with van der Waals surface area (Å²) in [5, 5.41) is 0. The predicted molar refractivity (Wildman–Crippen MR) is 157 cm³/mol. The number of hydrogen-bond donors (Lipinski definition) is 0. The number of benzene rings is 3. The van der Waals surface area contributed by atoms with Crippen molar-refractivity contribution in [3.05, 3.63) is 113 Å². The van der Waals surface area contributed by atoms with E-state index in [1.807, 2.05) is 91.0 Å². The Balaban J connectivity index is -0.0000000378. The van der Waals surface area contributed by atoms with E-state index >= 15 is 0 Å². The molecule has 3 nitrogen and oxygen atoms in total. The average Bonchev–Trinajstić information content (AvgIpc) is 2.82. The predicted octanol–water partition coefficient (Wildman–Crippen LogP) is 9.90. The van der Waals surface area contributed by atoms with Gasteiger partial charge in [-0.25, -0.2) is 0 Å². The van der Waals surface area contributed by atoms with Crippen molar-refractivity contribution in [2.24, 2.45) is 0 Å². The standard InChI is InChI=1S/3C7H8O.2C3H8.CH4.3CH3.3Y/c3*1-8-7-5-3-2-4-6-7;2*1-3-2;;;;;;;/h3*2-6H,1H3;2*3H2,1-2H3;1H4;3*1H3;;;/q;;;;;;3*-1;;;. The molecule has 0 N–H and O–H groups in total. The Bertz CT molecular complexity index is 575. The van der Waals surface area contributed by atoms with Gasteiger partial charge in [0.1, 0.15) is 17.2 Å². The summed E-state index contributed by atoms with van der Waals surface area (Å²) in [4.78, 5) is 0. The monoisotopic (exact) mass is 740 g/mol. The summed E-state index contributed by atoms with van der Waals surface area (Å²) in [6, 6.07) is 29.0. The van der Waals surface area contributed by atoms with E-state index in [-0.39, 0.29) is 128 Å². The molecule has 0 aliphatic heterocycles. The summed E-state index contributed by atoms with van der Waals surface area (Å²) in [6.07, 6.45) is 2.50. The number of methoxy groups -OCH3 is 3. The van der Waals surface area contributed by atoms with Crippen LogP contribution < -0.4 is 14.2 Å². The van der Waals surface area contributed by atoms with Crippen LogP contribution in [0, 0.1) is 22.3 Å². The molecule has 0 unspecified atom stereocenters. The van der Waals surface area contributed by atoms with Gasteiger partial charge in [0, 0.05) is 98.1 Å². The fourth-order valence-electron chi connectivity index (χ4n) is 1.67. The van der Waals surface area contributed by atoms with Crippen molar-refractivity contribution in [2.45, 2.75) is 48.0 Å². The third-order valence-corrected chi connectivity index (χ3v) is 2.94. The van der Waals surface area contributed by atoms with Gasteiger partial charge in [-0.05, 0) is 36.4 Å². The fourth-order valence-corrected chi connectivity index (χ4v) is 1.67. The number of ether oxygens (including phenoxy) is 3. The largest absolute Gasteiger partial charge is 0.497 e. The van der Waals surface area contributed by atoms with Gasteiger partial charge in [0.15, 0.2) is 0 Å². The number of hydrogen-bond acceptors (Lipinski definition) is 3. The second-order valence-electron chi connectivity index (χ2n) is 5.97. The molecule has 0 aliphatic rings. The van der Waals surface area contributed by atoms with Crippen LogP contribution in [0.3, 0.4) is 0 Å². The zero-order valence-electron chi connectivity index (χ0n) is 24.5. The summed E-state index contributed by atoms with van der Waals surface area (Å²) in [5.41, 5.74) is 0. The first-order valence-corrected chi connectivity index (χ1v) is 10.4. The Hall–Kier alpha value is 0.372. The van der Waals surface area contributed by atoms with Crippen LogP contribution in [0.5, 0.6) is 17.2 Å². The van der Waals surface area contributed by atoms with Crippen LogP contribution in [-0.4, -0.2) is 21.3 Å². The molecule has 207 valence electrons. The van der Waals surface area contributed by atoms with Gasteiger partial charge in [0.05, 0.1) is 21.3 Å². The van der Waals surface area contributed by atoms with Gasteiger partial charge < -0.3 is 36.5 Å². The summed E-state index contributed by atoms with van der Waals surface area (Å²) in [7, 11) is 4.99. The maximum Gasteiger partial charge on any atom is 0.118 e. The van der Waals surface area contributed by atoms with Gasteiger partial charge in [-0.3, -0.25) is 0 Å². The number of para-hydroxylation sites is 3. The van der Waals surface area contributed by atoms with Crippen molar-refractivity contribution in [3.63, 3.8) is 0 Å². The number of rotatable bonds is 3. The molecule has 3 radical (unpaired) electrons. The normalized spacial score (nSPS) is 6.57. The van der Waals surface area contributed by atoms with Crippen molar-refractivity contribution < 1.29 is 112 Å². The quantitative estimate of drug-likeness (QED) is 0.251. The first-order chi connectivity index (χ1) is 14.6. The van der Waals surface area contributed by atoms with Crippen molar-refractivity contribution in [3.8, 4) is 17.2 Å². The Labute approximate surface area is 308 Å². The van der Waals surface area contributed by atoms with E-state index in [1.54, 1.807) is 21.3 Å². The van der Waals surface area contributed by atoms with E-state index in [0.29, 0.717) is 0 Å². The second kappa shape index (κ2) is 52.7. The van der Waals surface area contributed by atoms with E-state index in [1.165, 1.54) is 12.8 Å². The molecule has 0 aromatic heterocycles. The zero-order chi connectivity index (χ0) is 22.9. The maximum absolute atomic E-state index is 4.91. The van der Waals surface area contributed by atoms with Crippen LogP contribution in [0.2, 0.25) is 0 Å². The molecule has 6 heteroatoms. The Kier molecular flexibility index (Phi) is 87.6. The van der Waals surface area contributed by atoms with E-state index < -0.39 is 0 Å². The topological polar surface area (TPSA) is 27.7 Å². The van der Waals surface area contributed by atoms with Gasteiger partial charge in [0.25, 0.3) is 0 Å². The van der Waals surface area contributed by atoms with Gasteiger partial charge >= 0.3 is 0 Å². The minimum atomic E-state index is 0. The van der Waals surface area contributed by atoms with Crippen molar-refractivity contribution in [1.29, 1.82) is 0 Å². The Morgan fingerprint density at radius 1 is 0.405 bits per heavy atom. The first kappa shape index (κ1) is 61.4. The van der Waals surface area contributed by atoms with E-state index in [0.717, 1.165) is 17.2 Å². The van der Waals surface area contributed by atoms with Gasteiger partial charge in [-0.2, -0.15) is 0 Å². The Morgan fingerprint density at radius 3 is 0.622 bits per heavy atom. The maximum atomic E-state index is 4.91. The molecule has 0 heterocycles. The molecule has 0 atom stereocenters. The van der Waals surface area contributed by atoms with Crippen molar-refractivity contribution in [1.82, 2.24) is 0 Å². The zero-order valence-corrected chi connectivity index (χ0v) is 33.0. The summed E-state index contributed by atoms with van der Waals surface area (Å²) < 4.78 is 14.7. The van der Waals surface area contributed by atoms with Gasteiger partial charge in [-0.1, -0.05) is 103 Å². The second-order valence-corrected chi connectivity index (χ2v) is 5.97. The summed E-state index contributed by atoms with van der Waals surface area (Å²) >= 11 is 0. The van der Waals surface area contributed by atoms with Crippen molar-refractivity contribution in [2.75, 3.05) is 21.3 Å². The molecule has 0 spiro atoms. The summed E-state index contributed by atoms with van der Waals surface area (Å²) in [6.45, 7) is 8.50. The average molecular weight is 740 g/mol. The molecule has 0 amide bonds. The molecule has 3 rings (SSSR count). The minimum Gasteiger partial charge on any atom is -0.497 e.